The third kappa shape index (κ3) is 8.20. The van der Waals surface area contributed by atoms with Crippen molar-refractivity contribution in [3.63, 3.8) is 0 Å². The van der Waals surface area contributed by atoms with Crippen molar-refractivity contribution >= 4 is 29.2 Å². The molecule has 0 N–H and O–H groups in total. The topological polar surface area (TPSA) is 61.6 Å². The highest BCUT2D eigenvalue weighted by molar-refractivity contribution is 5.89. The molecule has 3 aromatic rings. The average molecular weight is 532 g/mol. The van der Waals surface area contributed by atoms with Crippen LogP contribution in [0.3, 0.4) is 0 Å². The zero-order chi connectivity index (χ0) is 27.5. The summed E-state index contributed by atoms with van der Waals surface area (Å²) in [6, 6.07) is 11.7. The lowest BCUT2D eigenvalue weighted by atomic mass is 9.83. The first kappa shape index (κ1) is 28.9. The number of fused-ring (bicyclic) bond motifs is 1. The van der Waals surface area contributed by atoms with Crippen LogP contribution in [0.4, 0.5) is 0 Å². The Labute approximate surface area is 234 Å². The number of unbranched alkanes of at least 4 members (excludes halogenated alkanes) is 2. The largest absolute Gasteiger partial charge is 0.493 e. The highest BCUT2D eigenvalue weighted by atomic mass is 16.5. The second-order valence-electron chi connectivity index (χ2n) is 10.9. The Kier molecular flexibility index (Phi) is 11.1. The fourth-order valence-electron chi connectivity index (χ4n) is 5.32. The fraction of sp³-hybridized carbons (Fsp3) is 0.529. The van der Waals surface area contributed by atoms with Crippen molar-refractivity contribution in [1.29, 1.82) is 0 Å². The lowest BCUT2D eigenvalue weighted by Crippen LogP contribution is -2.14. The maximum atomic E-state index is 12.5. The van der Waals surface area contributed by atoms with Crippen LogP contribution in [0.1, 0.15) is 125 Å². The zero-order valence-corrected chi connectivity index (χ0v) is 24.0. The molecule has 39 heavy (non-hydrogen) atoms. The monoisotopic (exact) mass is 531 g/mol. The van der Waals surface area contributed by atoms with E-state index in [-0.39, 0.29) is 5.97 Å². The summed E-state index contributed by atoms with van der Waals surface area (Å²) in [6.07, 6.45) is 16.8. The molecule has 0 spiro atoms. The molecule has 1 aliphatic rings. The number of benzene rings is 2. The molecule has 4 rings (SSSR count). The van der Waals surface area contributed by atoms with Crippen LogP contribution in [0.2, 0.25) is 0 Å². The first-order valence-electron chi connectivity index (χ1n) is 15.1. The van der Waals surface area contributed by atoms with Crippen molar-refractivity contribution in [2.45, 2.75) is 97.3 Å². The van der Waals surface area contributed by atoms with E-state index in [9.17, 15) is 4.79 Å². The van der Waals surface area contributed by atoms with Crippen LogP contribution in [-0.4, -0.2) is 24.2 Å². The maximum absolute atomic E-state index is 12.5. The Morgan fingerprint density at radius 2 is 1.79 bits per heavy atom. The van der Waals surface area contributed by atoms with Crippen molar-refractivity contribution < 1.29 is 18.7 Å². The number of nitrogens with zero attached hydrogens (tertiary/aromatic N) is 1. The van der Waals surface area contributed by atoms with Gasteiger partial charge in [0.1, 0.15) is 11.3 Å². The molecule has 5 heteroatoms. The molecule has 1 aromatic heterocycles. The van der Waals surface area contributed by atoms with E-state index in [0.29, 0.717) is 29.9 Å². The van der Waals surface area contributed by atoms with E-state index in [4.69, 9.17) is 18.9 Å². The first-order chi connectivity index (χ1) is 19.1. The molecule has 1 atom stereocenters. The zero-order valence-electron chi connectivity index (χ0n) is 24.0. The number of hydrogen-bond donors (Lipinski definition) is 0. The van der Waals surface area contributed by atoms with E-state index in [1.54, 1.807) is 0 Å². The number of ether oxygens (including phenoxy) is 2. The van der Waals surface area contributed by atoms with Crippen molar-refractivity contribution in [2.24, 2.45) is 5.92 Å². The summed E-state index contributed by atoms with van der Waals surface area (Å²) in [6.45, 7) is 7.74. The van der Waals surface area contributed by atoms with Gasteiger partial charge < -0.3 is 13.9 Å². The van der Waals surface area contributed by atoms with Gasteiger partial charge in [-0.05, 0) is 72.9 Å². The molecule has 2 aromatic carbocycles. The van der Waals surface area contributed by atoms with Gasteiger partial charge >= 0.3 is 5.97 Å². The van der Waals surface area contributed by atoms with E-state index in [1.807, 2.05) is 42.5 Å². The molecule has 0 radical (unpaired) electrons. The van der Waals surface area contributed by atoms with Gasteiger partial charge in [-0.1, -0.05) is 77.8 Å². The van der Waals surface area contributed by atoms with Crippen LogP contribution in [0, 0.1) is 5.92 Å². The standard InChI is InChI=1S/C34H45NO4/c1-4-7-12-25(6-3)24-38-34(36)28-18-15-26(16-19-28)17-20-33-35-30-22-29(27-13-10-9-11-14-27)31(23-32(30)39-33)37-21-8-5-2/h15-20,22-23,25,27H,4-14,21,24H2,1-3H3. The smallest absolute Gasteiger partial charge is 0.338 e. The van der Waals surface area contributed by atoms with Gasteiger partial charge in [0.15, 0.2) is 5.58 Å². The summed E-state index contributed by atoms with van der Waals surface area (Å²) in [7, 11) is 0. The van der Waals surface area contributed by atoms with E-state index in [1.165, 1.54) is 50.5 Å². The number of oxazole rings is 1. The first-order valence-corrected chi connectivity index (χ1v) is 15.1. The normalized spacial score (nSPS) is 15.2. The molecular weight excluding hydrogens is 486 g/mol. The van der Waals surface area contributed by atoms with Gasteiger partial charge in [-0.15, -0.1) is 0 Å². The number of carbonyl (C=O) groups is 1. The number of carbonyl (C=O) groups excluding carboxylic acids is 1. The minimum Gasteiger partial charge on any atom is -0.493 e. The predicted molar refractivity (Wildman–Crippen MR) is 159 cm³/mol. The van der Waals surface area contributed by atoms with Crippen LogP contribution in [-0.2, 0) is 4.74 Å². The molecule has 0 amide bonds. The summed E-state index contributed by atoms with van der Waals surface area (Å²) in [5.41, 5.74) is 4.45. The van der Waals surface area contributed by atoms with Crippen LogP contribution in [0.25, 0.3) is 23.3 Å². The van der Waals surface area contributed by atoms with Gasteiger partial charge in [-0.3, -0.25) is 0 Å². The van der Waals surface area contributed by atoms with Gasteiger partial charge in [0.05, 0.1) is 18.8 Å². The Morgan fingerprint density at radius 1 is 1.03 bits per heavy atom. The summed E-state index contributed by atoms with van der Waals surface area (Å²) in [5.74, 6) is 2.22. The van der Waals surface area contributed by atoms with Crippen molar-refractivity contribution in [2.75, 3.05) is 13.2 Å². The van der Waals surface area contributed by atoms with Crippen LogP contribution < -0.4 is 4.74 Å². The van der Waals surface area contributed by atoms with E-state index in [0.717, 1.165) is 54.7 Å². The summed E-state index contributed by atoms with van der Waals surface area (Å²) in [5, 5.41) is 0. The minimum absolute atomic E-state index is 0.259. The van der Waals surface area contributed by atoms with Gasteiger partial charge in [0.2, 0.25) is 5.89 Å². The summed E-state index contributed by atoms with van der Waals surface area (Å²) in [4.78, 5) is 17.3. The molecule has 1 aliphatic carbocycles. The number of aromatic nitrogens is 1. The molecule has 5 nitrogen and oxygen atoms in total. The molecule has 0 bridgehead atoms. The maximum Gasteiger partial charge on any atom is 0.338 e. The van der Waals surface area contributed by atoms with Crippen molar-refractivity contribution in [3.8, 4) is 5.75 Å². The van der Waals surface area contributed by atoms with Crippen LogP contribution >= 0.6 is 0 Å². The molecular formula is C34H45NO4. The number of rotatable bonds is 14. The molecule has 1 unspecified atom stereocenters. The lowest BCUT2D eigenvalue weighted by molar-refractivity contribution is 0.0428. The fourth-order valence-corrected chi connectivity index (χ4v) is 5.32. The molecule has 0 saturated heterocycles. The quantitative estimate of drug-likeness (QED) is 0.153. The lowest BCUT2D eigenvalue weighted by Gasteiger charge is -2.24. The van der Waals surface area contributed by atoms with E-state index >= 15 is 0 Å². The van der Waals surface area contributed by atoms with Gasteiger partial charge in [-0.2, -0.15) is 0 Å². The number of esters is 1. The second kappa shape index (κ2) is 14.9. The summed E-state index contributed by atoms with van der Waals surface area (Å²) >= 11 is 0. The molecule has 0 aliphatic heterocycles. The molecule has 1 fully saturated rings. The number of hydrogen-bond acceptors (Lipinski definition) is 5. The minimum atomic E-state index is -0.259. The highest BCUT2D eigenvalue weighted by Crippen LogP contribution is 2.40. The van der Waals surface area contributed by atoms with Gasteiger partial charge in [-0.25, -0.2) is 9.78 Å². The second-order valence-corrected chi connectivity index (χ2v) is 10.9. The van der Waals surface area contributed by atoms with Gasteiger partial charge in [0.25, 0.3) is 0 Å². The average Bonchev–Trinajstić information content (AvgIpc) is 3.38. The SMILES string of the molecule is CCCCOc1cc2oc(C=Cc3ccc(C(=O)OCC(CC)CCCC)cc3)nc2cc1C1CCCCC1. The van der Waals surface area contributed by atoms with Crippen molar-refractivity contribution in [3.05, 3.63) is 59.0 Å². The summed E-state index contributed by atoms with van der Waals surface area (Å²) < 4.78 is 17.9. The molecule has 1 heterocycles. The predicted octanol–water partition coefficient (Wildman–Crippen LogP) is 9.60. The Bertz CT molecular complexity index is 1200. The highest BCUT2D eigenvalue weighted by Gasteiger charge is 2.21. The Balaban J connectivity index is 1.43. The Hall–Kier alpha value is -3.08. The third-order valence-electron chi connectivity index (χ3n) is 7.90. The molecule has 210 valence electrons. The third-order valence-corrected chi connectivity index (χ3v) is 7.90. The van der Waals surface area contributed by atoms with Gasteiger partial charge in [0, 0.05) is 12.1 Å². The van der Waals surface area contributed by atoms with E-state index in [2.05, 4.69) is 26.8 Å². The molecule has 1 saturated carbocycles. The Morgan fingerprint density at radius 3 is 2.51 bits per heavy atom. The van der Waals surface area contributed by atoms with Crippen LogP contribution in [0.5, 0.6) is 5.75 Å². The van der Waals surface area contributed by atoms with E-state index < -0.39 is 0 Å². The van der Waals surface area contributed by atoms with Crippen LogP contribution in [0.15, 0.2) is 40.8 Å². The van der Waals surface area contributed by atoms with Crippen molar-refractivity contribution in [1.82, 2.24) is 4.98 Å².